The Morgan fingerprint density at radius 2 is 1.71 bits per heavy atom. The van der Waals surface area contributed by atoms with Crippen molar-refractivity contribution in [1.82, 2.24) is 9.62 Å². The molecule has 1 aromatic rings. The molecule has 0 aliphatic carbocycles. The van der Waals surface area contributed by atoms with Crippen LogP contribution < -0.4 is 5.32 Å². The van der Waals surface area contributed by atoms with Gasteiger partial charge in [0.1, 0.15) is 0 Å². The van der Waals surface area contributed by atoms with Gasteiger partial charge in [0.25, 0.3) is 0 Å². The monoisotopic (exact) mass is 310 g/mol. The zero-order valence-electron chi connectivity index (χ0n) is 13.4. The second kappa shape index (κ2) is 8.32. The highest BCUT2D eigenvalue weighted by atomic mass is 32.2. The van der Waals surface area contributed by atoms with Gasteiger partial charge < -0.3 is 5.32 Å². The Morgan fingerprint density at radius 3 is 2.19 bits per heavy atom. The second-order valence-corrected chi connectivity index (χ2v) is 7.08. The topological polar surface area (TPSA) is 49.4 Å². The third-order valence-corrected chi connectivity index (χ3v) is 5.31. The van der Waals surface area contributed by atoms with Gasteiger partial charge in [-0.1, -0.05) is 37.6 Å². The molecule has 0 spiro atoms. The maximum Gasteiger partial charge on any atom is 0.243 e. The van der Waals surface area contributed by atoms with E-state index in [4.69, 9.17) is 0 Å². The molecular formula is C16H26N2O2S. The molecule has 1 N–H and O–H groups in total. The van der Waals surface area contributed by atoms with Crippen LogP contribution in [0.2, 0.25) is 0 Å². The number of rotatable bonds is 8. The molecule has 0 saturated heterocycles. The summed E-state index contributed by atoms with van der Waals surface area (Å²) >= 11 is 0. The Labute approximate surface area is 128 Å². The average molecular weight is 310 g/mol. The summed E-state index contributed by atoms with van der Waals surface area (Å²) < 4.78 is 26.2. The van der Waals surface area contributed by atoms with Crippen LogP contribution in [0.3, 0.4) is 0 Å². The minimum Gasteiger partial charge on any atom is -0.309 e. The minimum absolute atomic E-state index is 0.360. The van der Waals surface area contributed by atoms with Gasteiger partial charge in [0.05, 0.1) is 4.90 Å². The molecule has 0 atom stereocenters. The summed E-state index contributed by atoms with van der Waals surface area (Å²) in [5.74, 6) is 0. The summed E-state index contributed by atoms with van der Waals surface area (Å²) in [7, 11) is -3.35. The molecule has 0 aromatic heterocycles. The van der Waals surface area contributed by atoms with Crippen molar-refractivity contribution in [2.45, 2.75) is 39.1 Å². The highest BCUT2D eigenvalue weighted by Gasteiger charge is 2.20. The number of hydrogen-bond donors (Lipinski definition) is 1. The van der Waals surface area contributed by atoms with Gasteiger partial charge in [-0.25, -0.2) is 8.42 Å². The van der Waals surface area contributed by atoms with Gasteiger partial charge in [0, 0.05) is 26.2 Å². The van der Waals surface area contributed by atoms with E-state index in [0.29, 0.717) is 18.0 Å². The SMILES string of the molecule is CCN(CC)S(=O)(=O)c1ccc(CNCC=C(C)C)cc1. The van der Waals surface area contributed by atoms with Crippen LogP contribution in [0, 0.1) is 0 Å². The lowest BCUT2D eigenvalue weighted by Gasteiger charge is -2.18. The van der Waals surface area contributed by atoms with Crippen molar-refractivity contribution in [3.63, 3.8) is 0 Å². The normalized spacial score (nSPS) is 11.7. The van der Waals surface area contributed by atoms with Gasteiger partial charge in [-0.15, -0.1) is 0 Å². The van der Waals surface area contributed by atoms with Gasteiger partial charge in [-0.05, 0) is 31.5 Å². The van der Waals surface area contributed by atoms with Crippen molar-refractivity contribution in [2.75, 3.05) is 19.6 Å². The van der Waals surface area contributed by atoms with Crippen LogP contribution >= 0.6 is 0 Å². The first-order valence-electron chi connectivity index (χ1n) is 7.35. The number of nitrogens with one attached hydrogen (secondary N) is 1. The maximum atomic E-state index is 12.3. The molecule has 0 heterocycles. The fraction of sp³-hybridized carbons (Fsp3) is 0.500. The summed E-state index contributed by atoms with van der Waals surface area (Å²) in [5.41, 5.74) is 2.36. The van der Waals surface area contributed by atoms with E-state index in [0.717, 1.165) is 18.7 Å². The molecule has 1 rings (SSSR count). The van der Waals surface area contributed by atoms with Gasteiger partial charge >= 0.3 is 0 Å². The molecule has 4 nitrogen and oxygen atoms in total. The van der Waals surface area contributed by atoms with Crippen LogP contribution in [0.1, 0.15) is 33.3 Å². The van der Waals surface area contributed by atoms with Crippen molar-refractivity contribution < 1.29 is 8.42 Å². The third-order valence-electron chi connectivity index (χ3n) is 3.25. The molecule has 0 aliphatic rings. The summed E-state index contributed by atoms with van der Waals surface area (Å²) in [5, 5.41) is 3.30. The zero-order chi connectivity index (χ0) is 15.9. The van der Waals surface area contributed by atoms with Gasteiger partial charge in [-0.2, -0.15) is 4.31 Å². The number of hydrogen-bond acceptors (Lipinski definition) is 3. The first-order valence-corrected chi connectivity index (χ1v) is 8.79. The first-order chi connectivity index (χ1) is 9.91. The molecular weight excluding hydrogens is 284 g/mol. The van der Waals surface area contributed by atoms with Crippen molar-refractivity contribution in [3.05, 3.63) is 41.5 Å². The third kappa shape index (κ3) is 5.26. The summed E-state index contributed by atoms with van der Waals surface area (Å²) in [6.07, 6.45) is 2.12. The van der Waals surface area contributed by atoms with E-state index in [2.05, 4.69) is 25.2 Å². The van der Waals surface area contributed by atoms with Crippen LogP contribution in [-0.2, 0) is 16.6 Å². The number of sulfonamides is 1. The fourth-order valence-electron chi connectivity index (χ4n) is 1.98. The predicted molar refractivity (Wildman–Crippen MR) is 87.7 cm³/mol. The van der Waals surface area contributed by atoms with E-state index in [9.17, 15) is 8.42 Å². The molecule has 0 aliphatic heterocycles. The first kappa shape index (κ1) is 17.9. The molecule has 0 unspecified atom stereocenters. The molecule has 21 heavy (non-hydrogen) atoms. The quantitative estimate of drug-likeness (QED) is 0.593. The van der Waals surface area contributed by atoms with Crippen molar-refractivity contribution in [2.24, 2.45) is 0 Å². The summed E-state index contributed by atoms with van der Waals surface area (Å²) in [6.45, 7) is 10.4. The van der Waals surface area contributed by atoms with Gasteiger partial charge in [0.2, 0.25) is 10.0 Å². The van der Waals surface area contributed by atoms with Gasteiger partial charge in [-0.3, -0.25) is 0 Å². The van der Waals surface area contributed by atoms with Crippen LogP contribution in [0.4, 0.5) is 0 Å². The second-order valence-electron chi connectivity index (χ2n) is 5.15. The molecule has 0 radical (unpaired) electrons. The zero-order valence-corrected chi connectivity index (χ0v) is 14.2. The molecule has 0 amide bonds. The maximum absolute atomic E-state index is 12.3. The minimum atomic E-state index is -3.35. The smallest absolute Gasteiger partial charge is 0.243 e. The highest BCUT2D eigenvalue weighted by molar-refractivity contribution is 7.89. The van der Waals surface area contributed by atoms with Gasteiger partial charge in [0.15, 0.2) is 0 Å². The molecule has 5 heteroatoms. The van der Waals surface area contributed by atoms with Crippen molar-refractivity contribution >= 4 is 10.0 Å². The lowest BCUT2D eigenvalue weighted by atomic mass is 10.2. The molecule has 118 valence electrons. The van der Waals surface area contributed by atoms with Crippen LogP contribution in [0.5, 0.6) is 0 Å². The highest BCUT2D eigenvalue weighted by Crippen LogP contribution is 2.16. The van der Waals surface area contributed by atoms with E-state index in [1.54, 1.807) is 12.1 Å². The Bertz CT molecular complexity index is 554. The lowest BCUT2D eigenvalue weighted by Crippen LogP contribution is -2.30. The standard InChI is InChI=1S/C16H26N2O2S/c1-5-18(6-2)21(19,20)16-9-7-15(8-10-16)13-17-12-11-14(3)4/h7-11,17H,5-6,12-13H2,1-4H3. The fourth-order valence-corrected chi connectivity index (χ4v) is 3.44. The predicted octanol–water partition coefficient (Wildman–Crippen LogP) is 2.77. The number of allylic oxidation sites excluding steroid dienone is 1. The average Bonchev–Trinajstić information content (AvgIpc) is 2.45. The Kier molecular flexibility index (Phi) is 7.08. The van der Waals surface area contributed by atoms with E-state index in [-0.39, 0.29) is 0 Å². The Morgan fingerprint density at radius 1 is 1.14 bits per heavy atom. The van der Waals surface area contributed by atoms with Crippen LogP contribution in [0.25, 0.3) is 0 Å². The van der Waals surface area contributed by atoms with Crippen molar-refractivity contribution in [3.8, 4) is 0 Å². The van der Waals surface area contributed by atoms with Crippen molar-refractivity contribution in [1.29, 1.82) is 0 Å². The molecule has 0 fully saturated rings. The summed E-state index contributed by atoms with van der Waals surface area (Å²) in [4.78, 5) is 0.360. The van der Waals surface area contributed by atoms with Crippen LogP contribution in [0.15, 0.2) is 40.8 Å². The molecule has 1 aromatic carbocycles. The van der Waals surface area contributed by atoms with E-state index >= 15 is 0 Å². The Hall–Kier alpha value is -1.17. The number of benzene rings is 1. The van der Waals surface area contributed by atoms with Crippen LogP contribution in [-0.4, -0.2) is 32.4 Å². The largest absolute Gasteiger partial charge is 0.309 e. The van der Waals surface area contributed by atoms with E-state index in [1.807, 2.05) is 26.0 Å². The number of nitrogens with zero attached hydrogens (tertiary/aromatic N) is 1. The lowest BCUT2D eigenvalue weighted by molar-refractivity contribution is 0.445. The van der Waals surface area contributed by atoms with E-state index < -0.39 is 10.0 Å². The molecule has 0 bridgehead atoms. The molecule has 0 saturated carbocycles. The summed E-state index contributed by atoms with van der Waals surface area (Å²) in [6, 6.07) is 7.11. The van der Waals surface area contributed by atoms with E-state index in [1.165, 1.54) is 9.88 Å². The Balaban J connectivity index is 2.72.